The summed E-state index contributed by atoms with van der Waals surface area (Å²) in [6.45, 7) is 7.58. The van der Waals surface area contributed by atoms with Gasteiger partial charge >= 0.3 is 0 Å². The summed E-state index contributed by atoms with van der Waals surface area (Å²) in [7, 11) is 0. The van der Waals surface area contributed by atoms with Crippen molar-refractivity contribution in [3.8, 4) is 0 Å². The molecule has 1 fully saturated rings. The number of nitrogens with two attached hydrogens (primary N) is 1. The monoisotopic (exact) mass is 327 g/mol. The van der Waals surface area contributed by atoms with Gasteiger partial charge in [-0.2, -0.15) is 0 Å². The third-order valence-corrected chi connectivity index (χ3v) is 4.87. The molecule has 24 heavy (non-hydrogen) atoms. The Morgan fingerprint density at radius 2 is 2.04 bits per heavy atom. The standard InChI is InChI=1S/C18H21N3O3/c1-3-7-21-16(23)13-5-4-12(9-14(13)17(21)24)15(22)20-8-6-18(2,10-19)11-20/h3-5,9H,1,6-8,10-11,19H2,2H3. The van der Waals surface area contributed by atoms with Gasteiger partial charge in [-0.25, -0.2) is 0 Å². The molecule has 0 bridgehead atoms. The first-order valence-electron chi connectivity index (χ1n) is 8.01. The molecule has 0 saturated carbocycles. The lowest BCUT2D eigenvalue weighted by atomic mass is 9.90. The second-order valence-corrected chi connectivity index (χ2v) is 6.76. The van der Waals surface area contributed by atoms with Gasteiger partial charge in [0.15, 0.2) is 0 Å². The van der Waals surface area contributed by atoms with E-state index in [1.165, 1.54) is 12.1 Å². The molecule has 126 valence electrons. The van der Waals surface area contributed by atoms with Crippen LogP contribution in [0.4, 0.5) is 0 Å². The predicted octanol–water partition coefficient (Wildman–Crippen LogP) is 1.28. The zero-order chi connectivity index (χ0) is 17.5. The van der Waals surface area contributed by atoms with E-state index in [4.69, 9.17) is 5.73 Å². The van der Waals surface area contributed by atoms with Crippen LogP contribution in [0.3, 0.4) is 0 Å². The van der Waals surface area contributed by atoms with E-state index < -0.39 is 0 Å². The van der Waals surface area contributed by atoms with Crippen molar-refractivity contribution in [1.29, 1.82) is 0 Å². The molecule has 6 nitrogen and oxygen atoms in total. The van der Waals surface area contributed by atoms with Crippen LogP contribution >= 0.6 is 0 Å². The molecule has 3 amide bonds. The third-order valence-electron chi connectivity index (χ3n) is 4.87. The number of rotatable bonds is 4. The fourth-order valence-corrected chi connectivity index (χ4v) is 3.26. The van der Waals surface area contributed by atoms with Crippen molar-refractivity contribution < 1.29 is 14.4 Å². The molecule has 1 aromatic carbocycles. The highest BCUT2D eigenvalue weighted by Gasteiger charge is 2.38. The third kappa shape index (κ3) is 2.53. The Hall–Kier alpha value is -2.47. The molecular formula is C18H21N3O3. The van der Waals surface area contributed by atoms with Crippen LogP contribution in [0.2, 0.25) is 0 Å². The van der Waals surface area contributed by atoms with Crippen molar-refractivity contribution >= 4 is 17.7 Å². The maximum Gasteiger partial charge on any atom is 0.261 e. The van der Waals surface area contributed by atoms with Crippen molar-refractivity contribution in [3.63, 3.8) is 0 Å². The summed E-state index contributed by atoms with van der Waals surface area (Å²) in [5, 5.41) is 0. The first-order valence-corrected chi connectivity index (χ1v) is 8.01. The summed E-state index contributed by atoms with van der Waals surface area (Å²) in [6, 6.07) is 4.70. The van der Waals surface area contributed by atoms with Gasteiger partial charge in [0, 0.05) is 25.2 Å². The van der Waals surface area contributed by atoms with E-state index in [9.17, 15) is 14.4 Å². The lowest BCUT2D eigenvalue weighted by Crippen LogP contribution is -2.34. The van der Waals surface area contributed by atoms with Gasteiger partial charge in [-0.1, -0.05) is 13.0 Å². The number of carbonyl (C=O) groups is 3. The molecule has 2 aliphatic rings. The molecule has 0 aliphatic carbocycles. The van der Waals surface area contributed by atoms with E-state index in [-0.39, 0.29) is 35.2 Å². The van der Waals surface area contributed by atoms with E-state index in [1.54, 1.807) is 17.0 Å². The molecule has 0 aromatic heterocycles. The number of likely N-dealkylation sites (tertiary alicyclic amines) is 1. The number of hydrogen-bond donors (Lipinski definition) is 1. The summed E-state index contributed by atoms with van der Waals surface area (Å²) in [5.74, 6) is -0.846. The topological polar surface area (TPSA) is 83.7 Å². The highest BCUT2D eigenvalue weighted by molar-refractivity contribution is 6.22. The maximum absolute atomic E-state index is 12.7. The van der Waals surface area contributed by atoms with Crippen molar-refractivity contribution in [2.24, 2.45) is 11.1 Å². The van der Waals surface area contributed by atoms with Crippen molar-refractivity contribution in [3.05, 3.63) is 47.5 Å². The maximum atomic E-state index is 12.7. The molecule has 1 unspecified atom stereocenters. The Morgan fingerprint density at radius 3 is 2.67 bits per heavy atom. The van der Waals surface area contributed by atoms with Gasteiger partial charge in [-0.15, -0.1) is 6.58 Å². The van der Waals surface area contributed by atoms with Crippen LogP contribution in [0.25, 0.3) is 0 Å². The van der Waals surface area contributed by atoms with Crippen LogP contribution in [0, 0.1) is 5.41 Å². The molecular weight excluding hydrogens is 306 g/mol. The van der Waals surface area contributed by atoms with E-state index in [2.05, 4.69) is 13.5 Å². The van der Waals surface area contributed by atoms with Gasteiger partial charge in [0.25, 0.3) is 17.7 Å². The first kappa shape index (κ1) is 16.4. The molecule has 1 aromatic rings. The molecule has 0 radical (unpaired) electrons. The van der Waals surface area contributed by atoms with Crippen LogP contribution in [-0.2, 0) is 0 Å². The fourth-order valence-electron chi connectivity index (χ4n) is 3.26. The zero-order valence-electron chi connectivity index (χ0n) is 13.7. The number of benzene rings is 1. The number of carbonyl (C=O) groups excluding carboxylic acids is 3. The minimum atomic E-state index is -0.377. The van der Waals surface area contributed by atoms with Gasteiger partial charge < -0.3 is 10.6 Å². The molecule has 2 heterocycles. The second kappa shape index (κ2) is 5.87. The number of fused-ring (bicyclic) bond motifs is 1. The molecule has 2 N–H and O–H groups in total. The fraction of sp³-hybridized carbons (Fsp3) is 0.389. The summed E-state index contributed by atoms with van der Waals surface area (Å²) in [6.07, 6.45) is 2.37. The Morgan fingerprint density at radius 1 is 1.33 bits per heavy atom. The van der Waals surface area contributed by atoms with E-state index in [0.29, 0.717) is 30.8 Å². The Labute approximate surface area is 140 Å². The quantitative estimate of drug-likeness (QED) is 0.667. The van der Waals surface area contributed by atoms with Crippen LogP contribution in [0.15, 0.2) is 30.9 Å². The summed E-state index contributed by atoms with van der Waals surface area (Å²) >= 11 is 0. The number of hydrogen-bond acceptors (Lipinski definition) is 4. The van der Waals surface area contributed by atoms with Crippen molar-refractivity contribution in [2.75, 3.05) is 26.2 Å². The molecule has 2 aliphatic heterocycles. The number of amides is 3. The van der Waals surface area contributed by atoms with Gasteiger partial charge in [-0.05, 0) is 36.6 Å². The van der Waals surface area contributed by atoms with Crippen LogP contribution in [0.5, 0.6) is 0 Å². The SMILES string of the molecule is C=CCN1C(=O)c2ccc(C(=O)N3CCC(C)(CN)C3)cc2C1=O. The minimum Gasteiger partial charge on any atom is -0.338 e. The van der Waals surface area contributed by atoms with E-state index in [1.807, 2.05) is 0 Å². The molecule has 1 atom stereocenters. The Kier molecular flexibility index (Phi) is 4.01. The zero-order valence-corrected chi connectivity index (χ0v) is 13.7. The summed E-state index contributed by atoms with van der Waals surface area (Å²) < 4.78 is 0. The number of nitrogens with zero attached hydrogens (tertiary/aromatic N) is 2. The lowest BCUT2D eigenvalue weighted by molar-refractivity contribution is 0.0671. The van der Waals surface area contributed by atoms with Crippen molar-refractivity contribution in [1.82, 2.24) is 9.80 Å². The average molecular weight is 327 g/mol. The predicted molar refractivity (Wildman–Crippen MR) is 89.7 cm³/mol. The van der Waals surface area contributed by atoms with Crippen molar-refractivity contribution in [2.45, 2.75) is 13.3 Å². The summed E-state index contributed by atoms with van der Waals surface area (Å²) in [5.41, 5.74) is 6.78. The second-order valence-electron chi connectivity index (χ2n) is 6.76. The highest BCUT2D eigenvalue weighted by atomic mass is 16.2. The largest absolute Gasteiger partial charge is 0.338 e. The van der Waals surface area contributed by atoms with Gasteiger partial charge in [-0.3, -0.25) is 19.3 Å². The normalized spacial score (nSPS) is 22.9. The smallest absolute Gasteiger partial charge is 0.261 e. The molecule has 6 heteroatoms. The van der Waals surface area contributed by atoms with Crippen LogP contribution in [0.1, 0.15) is 44.4 Å². The van der Waals surface area contributed by atoms with E-state index in [0.717, 1.165) is 11.3 Å². The highest BCUT2D eigenvalue weighted by Crippen LogP contribution is 2.30. The molecule has 3 rings (SSSR count). The van der Waals surface area contributed by atoms with Crippen LogP contribution < -0.4 is 5.73 Å². The summed E-state index contributed by atoms with van der Waals surface area (Å²) in [4.78, 5) is 40.2. The first-order chi connectivity index (χ1) is 11.4. The minimum absolute atomic E-state index is 0.0566. The molecule has 1 saturated heterocycles. The average Bonchev–Trinajstić information content (AvgIpc) is 3.09. The van der Waals surface area contributed by atoms with E-state index >= 15 is 0 Å². The lowest BCUT2D eigenvalue weighted by Gasteiger charge is -2.22. The van der Waals surface area contributed by atoms with Gasteiger partial charge in [0.2, 0.25) is 0 Å². The molecule has 0 spiro atoms. The van der Waals surface area contributed by atoms with Gasteiger partial charge in [0.05, 0.1) is 11.1 Å². The van der Waals surface area contributed by atoms with Crippen LogP contribution in [-0.4, -0.2) is 53.7 Å². The Bertz CT molecular complexity index is 743. The van der Waals surface area contributed by atoms with Gasteiger partial charge in [0.1, 0.15) is 0 Å². The Balaban J connectivity index is 1.86. The number of imide groups is 1.